The molecule has 0 radical (unpaired) electrons. The Morgan fingerprint density at radius 2 is 2.08 bits per heavy atom. The van der Waals surface area contributed by atoms with E-state index in [0.717, 1.165) is 35.7 Å². The second-order valence-electron chi connectivity index (χ2n) is 6.88. The molecule has 3 rings (SSSR count). The van der Waals surface area contributed by atoms with Gasteiger partial charge in [0.2, 0.25) is 0 Å². The van der Waals surface area contributed by atoms with Crippen LogP contribution in [-0.2, 0) is 11.2 Å². The molecule has 0 aliphatic heterocycles. The Morgan fingerprint density at radius 1 is 1.35 bits per heavy atom. The van der Waals surface area contributed by atoms with Crippen LogP contribution >= 0.6 is 0 Å². The number of carboxylic acids is 1. The van der Waals surface area contributed by atoms with E-state index in [1.807, 2.05) is 36.5 Å². The second-order valence-corrected chi connectivity index (χ2v) is 6.88. The van der Waals surface area contributed by atoms with Crippen LogP contribution in [0.25, 0.3) is 10.9 Å². The van der Waals surface area contributed by atoms with Gasteiger partial charge < -0.3 is 20.5 Å². The molecule has 1 aromatic carbocycles. The number of hydrogen-bond acceptors (Lipinski definition) is 4. The zero-order valence-electron chi connectivity index (χ0n) is 14.5. The van der Waals surface area contributed by atoms with Gasteiger partial charge in [-0.2, -0.15) is 5.26 Å². The summed E-state index contributed by atoms with van der Waals surface area (Å²) >= 11 is 0. The Balaban J connectivity index is 1.84. The van der Waals surface area contributed by atoms with Crippen LogP contribution in [0.3, 0.4) is 0 Å². The lowest BCUT2D eigenvalue weighted by Gasteiger charge is -2.35. The van der Waals surface area contributed by atoms with Gasteiger partial charge in [0, 0.05) is 29.6 Å². The number of para-hydroxylation sites is 1. The first-order chi connectivity index (χ1) is 12.5. The van der Waals surface area contributed by atoms with Gasteiger partial charge in [-0.05, 0) is 24.5 Å². The molecule has 1 fully saturated rings. The molecular weight excluding hydrogens is 330 g/mol. The van der Waals surface area contributed by atoms with Crippen molar-refractivity contribution in [3.05, 3.63) is 47.8 Å². The van der Waals surface area contributed by atoms with Crippen LogP contribution in [0.15, 0.2) is 42.2 Å². The maximum absolute atomic E-state index is 11.8. The smallest absolute Gasteiger partial charge is 0.326 e. The number of rotatable bonds is 6. The second kappa shape index (κ2) is 7.63. The van der Waals surface area contributed by atoms with Crippen molar-refractivity contribution >= 4 is 16.9 Å². The van der Waals surface area contributed by atoms with Gasteiger partial charge in [0.1, 0.15) is 11.6 Å². The van der Waals surface area contributed by atoms with Crippen LogP contribution in [0.4, 0.5) is 0 Å². The van der Waals surface area contributed by atoms with Crippen molar-refractivity contribution in [1.29, 1.82) is 5.26 Å². The van der Waals surface area contributed by atoms with E-state index in [1.54, 1.807) is 0 Å². The fourth-order valence-corrected chi connectivity index (χ4v) is 3.69. The summed E-state index contributed by atoms with van der Waals surface area (Å²) < 4.78 is 0. The van der Waals surface area contributed by atoms with Crippen molar-refractivity contribution in [3.63, 3.8) is 0 Å². The highest BCUT2D eigenvalue weighted by Crippen LogP contribution is 2.33. The van der Waals surface area contributed by atoms with E-state index >= 15 is 0 Å². The minimum absolute atomic E-state index is 0.248. The van der Waals surface area contributed by atoms with E-state index < -0.39 is 17.6 Å². The Labute approximate surface area is 152 Å². The van der Waals surface area contributed by atoms with Crippen LogP contribution in [0, 0.1) is 11.3 Å². The highest BCUT2D eigenvalue weighted by molar-refractivity contribution is 5.84. The third kappa shape index (κ3) is 3.73. The number of nitriles is 1. The number of hydrogen-bond donors (Lipinski definition) is 4. The normalized spacial score (nSPS) is 18.2. The van der Waals surface area contributed by atoms with Gasteiger partial charge in [-0.25, -0.2) is 4.79 Å². The number of carbonyl (C=O) groups is 1. The van der Waals surface area contributed by atoms with Gasteiger partial charge in [-0.15, -0.1) is 0 Å². The molecule has 0 bridgehead atoms. The summed E-state index contributed by atoms with van der Waals surface area (Å²) in [5, 5.41) is 33.6. The van der Waals surface area contributed by atoms with E-state index in [0.29, 0.717) is 18.5 Å². The molecule has 1 saturated carbocycles. The fourth-order valence-electron chi connectivity index (χ4n) is 3.69. The number of aromatic amines is 1. The molecule has 0 saturated heterocycles. The first kappa shape index (κ1) is 18.0. The summed E-state index contributed by atoms with van der Waals surface area (Å²) in [7, 11) is 0. The fraction of sp³-hybridized carbons (Fsp3) is 0.400. The number of nitrogens with one attached hydrogen (secondary N) is 2. The molecule has 6 heteroatoms. The number of aliphatic carboxylic acids is 1. The molecule has 136 valence electrons. The minimum atomic E-state index is -1.15. The summed E-state index contributed by atoms with van der Waals surface area (Å²) in [4.78, 5) is 15.0. The molecular formula is C20H23N3O3. The molecule has 1 heterocycles. The highest BCUT2D eigenvalue weighted by Gasteiger charge is 2.35. The third-order valence-corrected chi connectivity index (χ3v) is 5.12. The number of carboxylic acid groups (broad SMARTS) is 1. The topological polar surface area (TPSA) is 109 Å². The number of fused-ring (bicyclic) bond motifs is 1. The lowest BCUT2D eigenvalue weighted by molar-refractivity contribution is -0.139. The van der Waals surface area contributed by atoms with Gasteiger partial charge in [-0.1, -0.05) is 37.5 Å². The lowest BCUT2D eigenvalue weighted by Crippen LogP contribution is -2.47. The molecule has 2 aromatic rings. The molecule has 0 amide bonds. The average molecular weight is 353 g/mol. The van der Waals surface area contributed by atoms with E-state index in [2.05, 4.69) is 10.3 Å². The highest BCUT2D eigenvalue weighted by atomic mass is 16.4. The molecule has 1 aliphatic rings. The van der Waals surface area contributed by atoms with Crippen LogP contribution < -0.4 is 5.32 Å². The predicted octanol–water partition coefficient (Wildman–Crippen LogP) is 2.86. The lowest BCUT2D eigenvalue weighted by atomic mass is 9.82. The zero-order chi connectivity index (χ0) is 18.6. The monoisotopic (exact) mass is 353 g/mol. The summed E-state index contributed by atoms with van der Waals surface area (Å²) in [6.45, 7) is 0. The van der Waals surface area contributed by atoms with Gasteiger partial charge in [-0.3, -0.25) is 0 Å². The Hall–Kier alpha value is -2.78. The molecule has 4 N–H and O–H groups in total. The molecule has 6 nitrogen and oxygen atoms in total. The number of nitrogens with zero attached hydrogens (tertiary/aromatic N) is 1. The largest absolute Gasteiger partial charge is 0.480 e. The quantitative estimate of drug-likeness (QED) is 0.597. The van der Waals surface area contributed by atoms with Gasteiger partial charge in [0.15, 0.2) is 0 Å². The van der Waals surface area contributed by atoms with Crippen LogP contribution in [0.5, 0.6) is 0 Å². The predicted molar refractivity (Wildman–Crippen MR) is 98.3 cm³/mol. The molecule has 26 heavy (non-hydrogen) atoms. The van der Waals surface area contributed by atoms with Crippen molar-refractivity contribution in [2.24, 2.45) is 0 Å². The van der Waals surface area contributed by atoms with Gasteiger partial charge in [0.05, 0.1) is 11.8 Å². The summed E-state index contributed by atoms with van der Waals surface area (Å²) in [5.74, 6) is -1.02. The van der Waals surface area contributed by atoms with E-state index in [1.165, 1.54) is 6.08 Å². The Kier molecular flexibility index (Phi) is 5.29. The molecule has 1 atom stereocenters. The van der Waals surface area contributed by atoms with Gasteiger partial charge in [0.25, 0.3) is 0 Å². The van der Waals surface area contributed by atoms with Crippen molar-refractivity contribution in [2.75, 3.05) is 0 Å². The average Bonchev–Trinajstić information content (AvgIpc) is 3.04. The maximum Gasteiger partial charge on any atom is 0.326 e. The van der Waals surface area contributed by atoms with Crippen molar-refractivity contribution in [1.82, 2.24) is 10.3 Å². The number of aromatic nitrogens is 1. The number of H-pyrrole nitrogens is 1. The molecule has 0 spiro atoms. The SMILES string of the molecule is N#C/C=C(/NC(Cc1c[nH]c2ccccc12)C(=O)O)C1(O)CCCCC1. The Morgan fingerprint density at radius 3 is 2.77 bits per heavy atom. The van der Waals surface area contributed by atoms with Crippen LogP contribution in [-0.4, -0.2) is 32.8 Å². The molecule has 1 unspecified atom stereocenters. The van der Waals surface area contributed by atoms with Gasteiger partial charge >= 0.3 is 5.97 Å². The first-order valence-electron chi connectivity index (χ1n) is 8.90. The summed E-state index contributed by atoms with van der Waals surface area (Å²) in [5.41, 5.74) is 0.992. The standard InChI is InChI=1S/C20H23N3O3/c21-11-8-18(20(26)9-4-1-5-10-20)23-17(19(24)25)12-14-13-22-16-7-3-2-6-15(14)16/h2-3,6-8,13,17,22-23,26H,1,4-5,9-10,12H2,(H,24,25)/b18-8+. The number of benzene rings is 1. The van der Waals surface area contributed by atoms with E-state index in [-0.39, 0.29) is 6.42 Å². The zero-order valence-corrected chi connectivity index (χ0v) is 14.5. The van der Waals surface area contributed by atoms with Crippen molar-refractivity contribution < 1.29 is 15.0 Å². The van der Waals surface area contributed by atoms with Crippen molar-refractivity contribution in [3.8, 4) is 6.07 Å². The maximum atomic E-state index is 11.8. The molecule has 1 aromatic heterocycles. The van der Waals surface area contributed by atoms with Crippen molar-refractivity contribution in [2.45, 2.75) is 50.2 Å². The van der Waals surface area contributed by atoms with E-state index in [9.17, 15) is 15.0 Å². The number of aliphatic hydroxyl groups is 1. The first-order valence-corrected chi connectivity index (χ1v) is 8.90. The summed E-state index contributed by atoms with van der Waals surface area (Å²) in [6, 6.07) is 8.72. The van der Waals surface area contributed by atoms with Crippen LogP contribution in [0.1, 0.15) is 37.7 Å². The number of allylic oxidation sites excluding steroid dienone is 1. The Bertz CT molecular complexity index is 857. The third-order valence-electron chi connectivity index (χ3n) is 5.12. The van der Waals surface area contributed by atoms with E-state index in [4.69, 9.17) is 5.26 Å². The minimum Gasteiger partial charge on any atom is -0.480 e. The molecule has 1 aliphatic carbocycles. The summed E-state index contributed by atoms with van der Waals surface area (Å²) in [6.07, 6.45) is 7.14. The van der Waals surface area contributed by atoms with Crippen LogP contribution in [0.2, 0.25) is 0 Å².